The quantitative estimate of drug-likeness (QED) is 0.842. The van der Waals surface area contributed by atoms with Gasteiger partial charge in [-0.25, -0.2) is 0 Å². The third kappa shape index (κ3) is 3.54. The Balaban J connectivity index is 1.48. The number of fused-ring (bicyclic) bond motifs is 1. The monoisotopic (exact) mass is 319 g/mol. The summed E-state index contributed by atoms with van der Waals surface area (Å²) in [5, 5.41) is 12.6. The molecule has 1 N–H and O–H groups in total. The molecule has 3 fully saturated rings. The summed E-state index contributed by atoms with van der Waals surface area (Å²) in [4.78, 5) is 14.1. The lowest BCUT2D eigenvalue weighted by Gasteiger charge is -2.29. The van der Waals surface area contributed by atoms with Crippen LogP contribution in [0.25, 0.3) is 0 Å². The van der Waals surface area contributed by atoms with Gasteiger partial charge in [-0.15, -0.1) is 0 Å². The van der Waals surface area contributed by atoms with Crippen LogP contribution in [0.5, 0.6) is 0 Å². The van der Waals surface area contributed by atoms with Crippen molar-refractivity contribution in [2.24, 2.45) is 11.8 Å². The number of carbonyl (C=O) groups is 1. The van der Waals surface area contributed by atoms with Crippen molar-refractivity contribution in [2.75, 3.05) is 19.7 Å². The number of nitriles is 1. The van der Waals surface area contributed by atoms with Gasteiger partial charge in [0.2, 0.25) is 5.91 Å². The van der Waals surface area contributed by atoms with Gasteiger partial charge in [0.1, 0.15) is 6.04 Å². The maximum Gasteiger partial charge on any atom is 0.237 e. The van der Waals surface area contributed by atoms with Gasteiger partial charge >= 0.3 is 0 Å². The van der Waals surface area contributed by atoms with Gasteiger partial charge in [0.15, 0.2) is 0 Å². The van der Waals surface area contributed by atoms with E-state index in [-0.39, 0.29) is 17.5 Å². The first-order valence-corrected chi connectivity index (χ1v) is 9.10. The highest BCUT2D eigenvalue weighted by molar-refractivity contribution is 5.79. The second-order valence-electron chi connectivity index (χ2n) is 7.77. The van der Waals surface area contributed by atoms with Crippen molar-refractivity contribution in [3.05, 3.63) is 0 Å². The molecule has 5 nitrogen and oxygen atoms in total. The van der Waals surface area contributed by atoms with Gasteiger partial charge < -0.3 is 15.0 Å². The Labute approximate surface area is 139 Å². The van der Waals surface area contributed by atoms with Gasteiger partial charge in [-0.2, -0.15) is 5.26 Å². The molecule has 23 heavy (non-hydrogen) atoms. The fourth-order valence-corrected chi connectivity index (χ4v) is 5.00. The summed E-state index contributed by atoms with van der Waals surface area (Å²) in [7, 11) is 0. The largest absolute Gasteiger partial charge is 0.378 e. The summed E-state index contributed by atoms with van der Waals surface area (Å²) in [6.45, 7) is 6.22. The van der Waals surface area contributed by atoms with E-state index in [0.29, 0.717) is 12.6 Å². The number of carbonyl (C=O) groups excluding carboxylic acids is 1. The van der Waals surface area contributed by atoms with Crippen LogP contribution in [0.15, 0.2) is 0 Å². The molecule has 1 aliphatic heterocycles. The second-order valence-corrected chi connectivity index (χ2v) is 7.77. The van der Waals surface area contributed by atoms with E-state index in [0.717, 1.165) is 50.7 Å². The minimum atomic E-state index is -0.216. The number of hydrogen-bond acceptors (Lipinski definition) is 4. The Morgan fingerprint density at radius 1 is 1.39 bits per heavy atom. The van der Waals surface area contributed by atoms with Gasteiger partial charge in [0.25, 0.3) is 0 Å². The number of likely N-dealkylation sites (tertiary alicyclic amines) is 1. The lowest BCUT2D eigenvalue weighted by Crippen LogP contribution is -2.48. The highest BCUT2D eigenvalue weighted by Gasteiger charge is 2.47. The second kappa shape index (κ2) is 6.78. The standard InChI is InChI=1S/C18H29N3O2/c1-3-23-16-7-13-9-18(2,10-14(13)8-16)20-12-17(22)21-6-4-5-15(21)11-19/h13-16,20H,3-10,12H2,1-2H3/t13-,14+,15-,16+,18?/m0/s1. The zero-order chi connectivity index (χ0) is 16.4. The first kappa shape index (κ1) is 16.7. The molecular weight excluding hydrogens is 290 g/mol. The molecule has 0 spiro atoms. The fourth-order valence-electron chi connectivity index (χ4n) is 5.00. The molecule has 0 aromatic carbocycles. The molecular formula is C18H29N3O2. The number of rotatable bonds is 5. The predicted molar refractivity (Wildman–Crippen MR) is 87.6 cm³/mol. The molecule has 128 valence electrons. The molecule has 0 radical (unpaired) electrons. The van der Waals surface area contributed by atoms with Crippen LogP contribution in [-0.2, 0) is 9.53 Å². The van der Waals surface area contributed by atoms with Gasteiger partial charge in [-0.3, -0.25) is 4.79 Å². The van der Waals surface area contributed by atoms with Crippen LogP contribution in [0.3, 0.4) is 0 Å². The first-order valence-electron chi connectivity index (χ1n) is 9.10. The molecule has 1 unspecified atom stereocenters. The van der Waals surface area contributed by atoms with Crippen molar-refractivity contribution in [2.45, 2.75) is 70.1 Å². The minimum Gasteiger partial charge on any atom is -0.378 e. The lowest BCUT2D eigenvalue weighted by molar-refractivity contribution is -0.130. The van der Waals surface area contributed by atoms with Crippen LogP contribution in [0.1, 0.15) is 52.4 Å². The van der Waals surface area contributed by atoms with E-state index in [1.807, 2.05) is 0 Å². The summed E-state index contributed by atoms with van der Waals surface area (Å²) >= 11 is 0. The van der Waals surface area contributed by atoms with Crippen molar-refractivity contribution in [1.82, 2.24) is 10.2 Å². The third-order valence-electron chi connectivity index (χ3n) is 6.01. The Hall–Kier alpha value is -1.12. The van der Waals surface area contributed by atoms with Crippen LogP contribution in [0.4, 0.5) is 0 Å². The molecule has 0 aromatic rings. The van der Waals surface area contributed by atoms with E-state index in [9.17, 15) is 4.79 Å². The lowest BCUT2D eigenvalue weighted by atomic mass is 9.95. The van der Waals surface area contributed by atoms with Crippen LogP contribution >= 0.6 is 0 Å². The molecule has 2 saturated carbocycles. The summed E-state index contributed by atoms with van der Waals surface area (Å²) in [6.07, 6.45) is 6.83. The van der Waals surface area contributed by atoms with Crippen LogP contribution in [-0.4, -0.2) is 48.2 Å². The van der Waals surface area contributed by atoms with E-state index < -0.39 is 0 Å². The van der Waals surface area contributed by atoms with Gasteiger partial charge in [-0.05, 0) is 64.2 Å². The normalized spacial score (nSPS) is 39.4. The fraction of sp³-hybridized carbons (Fsp3) is 0.889. The minimum absolute atomic E-state index is 0.0596. The van der Waals surface area contributed by atoms with Crippen molar-refractivity contribution in [3.8, 4) is 6.07 Å². The molecule has 1 amide bonds. The maximum absolute atomic E-state index is 12.4. The molecule has 3 aliphatic rings. The molecule has 0 aromatic heterocycles. The molecule has 1 saturated heterocycles. The van der Waals surface area contributed by atoms with Gasteiger partial charge in [0.05, 0.1) is 18.7 Å². The Kier molecular flexibility index (Phi) is 4.93. The van der Waals surface area contributed by atoms with Crippen molar-refractivity contribution in [3.63, 3.8) is 0 Å². The Morgan fingerprint density at radius 2 is 2.09 bits per heavy atom. The number of amides is 1. The van der Waals surface area contributed by atoms with E-state index in [1.165, 1.54) is 12.8 Å². The summed E-state index contributed by atoms with van der Waals surface area (Å²) < 4.78 is 5.79. The van der Waals surface area contributed by atoms with Crippen LogP contribution < -0.4 is 5.32 Å². The van der Waals surface area contributed by atoms with E-state index in [4.69, 9.17) is 10.00 Å². The average molecular weight is 319 g/mol. The van der Waals surface area contributed by atoms with E-state index >= 15 is 0 Å². The highest BCUT2D eigenvalue weighted by Crippen LogP contribution is 2.49. The molecule has 5 atom stereocenters. The third-order valence-corrected chi connectivity index (χ3v) is 6.01. The SMILES string of the molecule is CCO[C@H]1C[C@@H]2CC(C)(NCC(=O)N3CCC[C@H]3C#N)C[C@@H]2C1. The maximum atomic E-state index is 12.4. The van der Waals surface area contributed by atoms with Crippen LogP contribution in [0, 0.1) is 23.2 Å². The Morgan fingerprint density at radius 3 is 2.70 bits per heavy atom. The number of nitrogens with zero attached hydrogens (tertiary/aromatic N) is 2. The molecule has 1 heterocycles. The predicted octanol–water partition coefficient (Wildman–Crippen LogP) is 2.07. The van der Waals surface area contributed by atoms with Gasteiger partial charge in [-0.1, -0.05) is 0 Å². The van der Waals surface area contributed by atoms with Gasteiger partial charge in [0, 0.05) is 18.7 Å². The summed E-state index contributed by atoms with van der Waals surface area (Å²) in [5.74, 6) is 1.55. The highest BCUT2D eigenvalue weighted by atomic mass is 16.5. The van der Waals surface area contributed by atoms with Crippen molar-refractivity contribution < 1.29 is 9.53 Å². The first-order chi connectivity index (χ1) is 11.0. The summed E-state index contributed by atoms with van der Waals surface area (Å²) in [6, 6.07) is 2.03. The molecule has 2 aliphatic carbocycles. The number of hydrogen-bond donors (Lipinski definition) is 1. The zero-order valence-electron chi connectivity index (χ0n) is 14.4. The van der Waals surface area contributed by atoms with E-state index in [2.05, 4.69) is 25.2 Å². The summed E-state index contributed by atoms with van der Waals surface area (Å²) in [5.41, 5.74) is 0.0596. The topological polar surface area (TPSA) is 65.4 Å². The Bertz CT molecular complexity index is 473. The molecule has 5 heteroatoms. The number of nitrogens with one attached hydrogen (secondary N) is 1. The smallest absolute Gasteiger partial charge is 0.237 e. The van der Waals surface area contributed by atoms with Crippen LogP contribution in [0.2, 0.25) is 0 Å². The van der Waals surface area contributed by atoms with Crippen molar-refractivity contribution in [1.29, 1.82) is 5.26 Å². The van der Waals surface area contributed by atoms with E-state index in [1.54, 1.807) is 4.90 Å². The molecule has 3 rings (SSSR count). The number of ether oxygens (including phenoxy) is 1. The average Bonchev–Trinajstić information content (AvgIpc) is 3.18. The zero-order valence-corrected chi connectivity index (χ0v) is 14.4. The van der Waals surface area contributed by atoms with Crippen molar-refractivity contribution >= 4 is 5.91 Å². The molecule has 0 bridgehead atoms.